The van der Waals surface area contributed by atoms with Crippen LogP contribution in [-0.2, 0) is 17.6 Å². The van der Waals surface area contributed by atoms with Crippen molar-refractivity contribution in [1.29, 1.82) is 0 Å². The molecule has 220 valence electrons. The van der Waals surface area contributed by atoms with E-state index in [1.807, 2.05) is 12.1 Å². The number of benzene rings is 4. The van der Waals surface area contributed by atoms with Gasteiger partial charge in [0, 0.05) is 29.9 Å². The van der Waals surface area contributed by atoms with Gasteiger partial charge in [-0.1, -0.05) is 110 Å². The smallest absolute Gasteiger partial charge is 0.195 e. The van der Waals surface area contributed by atoms with E-state index >= 15 is 0 Å². The number of nitrogens with zero attached hydrogens (tertiary/aromatic N) is 2. The van der Waals surface area contributed by atoms with E-state index in [0.717, 1.165) is 45.6 Å². The van der Waals surface area contributed by atoms with Crippen LogP contribution in [0.1, 0.15) is 46.5 Å². The van der Waals surface area contributed by atoms with Crippen LogP contribution in [0, 0.1) is 0 Å². The van der Waals surface area contributed by atoms with Crippen molar-refractivity contribution in [2.45, 2.75) is 37.8 Å². The monoisotopic (exact) mass is 564 g/mol. The highest BCUT2D eigenvalue weighted by atomic mass is 16.5. The van der Waals surface area contributed by atoms with Crippen LogP contribution >= 0.6 is 0 Å². The Hall–Kier alpha value is -3.77. The third-order valence-corrected chi connectivity index (χ3v) is 8.25. The number of aliphatic hydroxyl groups excluding tert-OH is 1. The number of carbonyl (C=O) groups excluding carboxylic acids is 1. The highest BCUT2D eigenvalue weighted by molar-refractivity contribution is 5.99. The maximum Gasteiger partial charge on any atom is 0.195 e. The van der Waals surface area contributed by atoms with Crippen LogP contribution in [0.15, 0.2) is 115 Å². The Balaban J connectivity index is 0.000000216. The van der Waals surface area contributed by atoms with Crippen LogP contribution in [-0.4, -0.2) is 61.7 Å². The summed E-state index contributed by atoms with van der Waals surface area (Å²) >= 11 is 0. The second-order valence-corrected chi connectivity index (χ2v) is 11.1. The van der Waals surface area contributed by atoms with Gasteiger partial charge in [0.05, 0.1) is 13.2 Å². The molecule has 5 heteroatoms. The molecule has 1 aliphatic rings. The molecule has 5 rings (SSSR count). The predicted molar refractivity (Wildman–Crippen MR) is 172 cm³/mol. The minimum Gasteiger partial charge on any atom is -0.380 e. The summed E-state index contributed by atoms with van der Waals surface area (Å²) in [7, 11) is 4.43. The fraction of sp³-hybridized carbons (Fsp3) is 0.324. The van der Waals surface area contributed by atoms with E-state index in [-0.39, 0.29) is 11.3 Å². The van der Waals surface area contributed by atoms with Gasteiger partial charge >= 0.3 is 0 Å². The van der Waals surface area contributed by atoms with Crippen LogP contribution in [0.5, 0.6) is 0 Å². The molecule has 0 amide bonds. The molecule has 4 aromatic rings. The Morgan fingerprint density at radius 2 is 1.29 bits per heavy atom. The minimum atomic E-state index is -1.08. The second kappa shape index (κ2) is 15.5. The number of Topliss-reactive ketones (excluding diaryl/α,β-unsaturated/α-hetero) is 1. The lowest BCUT2D eigenvalue weighted by atomic mass is 9.81. The molecule has 1 saturated heterocycles. The lowest BCUT2D eigenvalue weighted by Gasteiger charge is -2.40. The fourth-order valence-electron chi connectivity index (χ4n) is 5.49. The summed E-state index contributed by atoms with van der Waals surface area (Å²) in [5.41, 5.74) is 5.42. The second-order valence-electron chi connectivity index (χ2n) is 11.1. The third-order valence-electron chi connectivity index (χ3n) is 8.25. The van der Waals surface area contributed by atoms with Gasteiger partial charge in [0.25, 0.3) is 0 Å². The number of ketones is 1. The summed E-state index contributed by atoms with van der Waals surface area (Å²) in [6.45, 7) is 5.95. The molecule has 0 saturated carbocycles. The molecule has 0 spiro atoms. The van der Waals surface area contributed by atoms with Crippen LogP contribution in [0.2, 0.25) is 0 Å². The van der Waals surface area contributed by atoms with Gasteiger partial charge in [-0.05, 0) is 62.2 Å². The molecule has 0 radical (unpaired) electrons. The Bertz CT molecular complexity index is 1340. The molecular formula is C37H44N2O3. The Kier molecular flexibility index (Phi) is 11.5. The molecule has 1 aliphatic heterocycles. The molecule has 2 atom stereocenters. The van der Waals surface area contributed by atoms with E-state index < -0.39 is 6.10 Å². The summed E-state index contributed by atoms with van der Waals surface area (Å²) in [5.74, 6) is -0.271. The van der Waals surface area contributed by atoms with E-state index in [1.165, 1.54) is 16.8 Å². The Labute approximate surface area is 251 Å². The summed E-state index contributed by atoms with van der Waals surface area (Å²) in [4.78, 5) is 16.7. The van der Waals surface area contributed by atoms with Crippen molar-refractivity contribution in [2.75, 3.05) is 45.3 Å². The van der Waals surface area contributed by atoms with Crippen molar-refractivity contribution in [3.63, 3.8) is 0 Å². The van der Waals surface area contributed by atoms with Crippen LogP contribution in [0.25, 0.3) is 0 Å². The molecule has 1 heterocycles. The first-order valence-corrected chi connectivity index (χ1v) is 14.9. The van der Waals surface area contributed by atoms with Gasteiger partial charge in [-0.15, -0.1) is 0 Å². The first kappa shape index (κ1) is 31.2. The van der Waals surface area contributed by atoms with Crippen molar-refractivity contribution in [1.82, 2.24) is 4.90 Å². The number of morpholine rings is 1. The number of ether oxygens (including phenoxy) is 1. The van der Waals surface area contributed by atoms with Crippen LogP contribution in [0.3, 0.4) is 0 Å². The number of carbonyl (C=O) groups is 1. The van der Waals surface area contributed by atoms with E-state index in [9.17, 15) is 9.90 Å². The summed E-state index contributed by atoms with van der Waals surface area (Å²) in [5, 5.41) is 9.89. The van der Waals surface area contributed by atoms with Crippen LogP contribution < -0.4 is 4.90 Å². The predicted octanol–water partition coefficient (Wildman–Crippen LogP) is 6.62. The van der Waals surface area contributed by atoms with Crippen molar-refractivity contribution >= 4 is 11.5 Å². The minimum absolute atomic E-state index is 0.141. The van der Waals surface area contributed by atoms with Crippen molar-refractivity contribution < 1.29 is 14.6 Å². The molecule has 0 bridgehead atoms. The molecule has 5 nitrogen and oxygen atoms in total. The Morgan fingerprint density at radius 1 is 0.786 bits per heavy atom. The fourth-order valence-corrected chi connectivity index (χ4v) is 5.49. The molecule has 0 aliphatic carbocycles. The van der Waals surface area contributed by atoms with E-state index in [4.69, 9.17) is 4.74 Å². The van der Waals surface area contributed by atoms with E-state index in [2.05, 4.69) is 85.4 Å². The highest BCUT2D eigenvalue weighted by Gasteiger charge is 2.31. The average molecular weight is 565 g/mol. The van der Waals surface area contributed by atoms with Gasteiger partial charge in [0.1, 0.15) is 6.10 Å². The van der Waals surface area contributed by atoms with Crippen molar-refractivity contribution in [3.8, 4) is 0 Å². The van der Waals surface area contributed by atoms with Gasteiger partial charge in [-0.2, -0.15) is 0 Å². The zero-order valence-electron chi connectivity index (χ0n) is 25.2. The number of anilines is 1. The summed E-state index contributed by atoms with van der Waals surface area (Å²) in [6, 6.07) is 37.8. The van der Waals surface area contributed by atoms with Gasteiger partial charge in [0.15, 0.2) is 5.78 Å². The van der Waals surface area contributed by atoms with Crippen molar-refractivity contribution in [3.05, 3.63) is 138 Å². The molecule has 1 N–H and O–H groups in total. The highest BCUT2D eigenvalue weighted by Crippen LogP contribution is 2.29. The van der Waals surface area contributed by atoms with Gasteiger partial charge in [-0.3, -0.25) is 4.79 Å². The Morgan fingerprint density at radius 3 is 1.81 bits per heavy atom. The van der Waals surface area contributed by atoms with E-state index in [1.54, 1.807) is 48.5 Å². The number of aliphatic hydroxyl groups is 1. The van der Waals surface area contributed by atoms with Gasteiger partial charge < -0.3 is 19.6 Å². The molecule has 2 unspecified atom stereocenters. The van der Waals surface area contributed by atoms with Crippen molar-refractivity contribution in [2.24, 2.45) is 0 Å². The third kappa shape index (κ3) is 8.39. The SMILES string of the molecule is CCC(Cc1ccccc1)(Cc1ccc(N2CCOCC2)cc1)N(C)C.O=C(c1ccccc1)C(O)c1ccccc1. The largest absolute Gasteiger partial charge is 0.380 e. The number of likely N-dealkylation sites (N-methyl/N-ethyl adjacent to an activating group) is 1. The zero-order valence-corrected chi connectivity index (χ0v) is 25.2. The molecule has 0 aromatic heterocycles. The zero-order chi connectivity index (χ0) is 29.8. The van der Waals surface area contributed by atoms with E-state index in [0.29, 0.717) is 11.1 Å². The molecule has 4 aromatic carbocycles. The molecule has 1 fully saturated rings. The number of rotatable bonds is 10. The summed E-state index contributed by atoms with van der Waals surface area (Å²) < 4.78 is 5.46. The lowest BCUT2D eigenvalue weighted by Crippen LogP contribution is -2.47. The number of hydrogen-bond acceptors (Lipinski definition) is 5. The maximum absolute atomic E-state index is 11.9. The summed E-state index contributed by atoms with van der Waals surface area (Å²) in [6.07, 6.45) is 2.18. The van der Waals surface area contributed by atoms with Gasteiger partial charge in [0.2, 0.25) is 0 Å². The molecule has 42 heavy (non-hydrogen) atoms. The first-order valence-electron chi connectivity index (χ1n) is 14.9. The van der Waals surface area contributed by atoms with Gasteiger partial charge in [-0.25, -0.2) is 0 Å². The average Bonchev–Trinajstić information content (AvgIpc) is 3.06. The lowest BCUT2D eigenvalue weighted by molar-refractivity contribution is 0.0747. The topological polar surface area (TPSA) is 53.0 Å². The first-order chi connectivity index (χ1) is 20.4. The van der Waals surface area contributed by atoms with Crippen LogP contribution in [0.4, 0.5) is 5.69 Å². The normalized spacial score (nSPS) is 15.3. The maximum atomic E-state index is 11.9. The number of hydrogen-bond donors (Lipinski definition) is 1. The standard InChI is InChI=1S/C23H32N2O.C14H12O2/c1-4-23(24(2)3,18-20-8-6-5-7-9-20)19-21-10-12-22(13-11-21)25-14-16-26-17-15-25;15-13(11-7-3-1-4-8-11)14(16)12-9-5-2-6-10-12/h5-13H,4,14-19H2,1-3H3;1-10,13,15H. The quantitative estimate of drug-likeness (QED) is 0.219. The molecular weight excluding hydrogens is 520 g/mol.